The van der Waals surface area contributed by atoms with Gasteiger partial charge in [-0.05, 0) is 26.2 Å². The van der Waals surface area contributed by atoms with Crippen LogP contribution in [0.1, 0.15) is 45.4 Å². The third-order valence-corrected chi connectivity index (χ3v) is 4.38. The Hall–Kier alpha value is -1.14. The Bertz CT molecular complexity index is 369. The molecule has 0 spiro atoms. The van der Waals surface area contributed by atoms with E-state index in [1.165, 1.54) is 19.3 Å². The molecule has 1 aliphatic carbocycles. The lowest BCUT2D eigenvalue weighted by molar-refractivity contribution is -0.146. The van der Waals surface area contributed by atoms with Crippen LogP contribution in [-0.4, -0.2) is 48.3 Å². The van der Waals surface area contributed by atoms with Crippen LogP contribution in [0, 0.1) is 5.92 Å². The second kappa shape index (κ2) is 7.75. The van der Waals surface area contributed by atoms with Gasteiger partial charge in [-0.15, -0.1) is 0 Å². The molecule has 3 unspecified atom stereocenters. The molecule has 3 N–H and O–H groups in total. The highest BCUT2D eigenvalue weighted by Crippen LogP contribution is 2.18. The lowest BCUT2D eigenvalue weighted by Crippen LogP contribution is -2.48. The van der Waals surface area contributed by atoms with E-state index in [0.717, 1.165) is 12.8 Å². The standard InChI is InChI=1S/C15H26N2O4/c1-10(14(18)17-12-5-3-2-4-6-12)21-13-7-11(15(19)20)8-16-9-13/h10-13,16H,2-9H2,1H3,(H,17,18)(H,19,20). The van der Waals surface area contributed by atoms with E-state index in [1.807, 2.05) is 0 Å². The number of piperidine rings is 1. The summed E-state index contributed by atoms with van der Waals surface area (Å²) in [6, 6.07) is 0.272. The van der Waals surface area contributed by atoms with Crippen LogP contribution < -0.4 is 10.6 Å². The second-order valence-corrected chi connectivity index (χ2v) is 6.17. The van der Waals surface area contributed by atoms with Crippen LogP contribution in [0.5, 0.6) is 0 Å². The predicted molar refractivity (Wildman–Crippen MR) is 78.0 cm³/mol. The molecule has 2 rings (SSSR count). The zero-order valence-corrected chi connectivity index (χ0v) is 12.6. The summed E-state index contributed by atoms with van der Waals surface area (Å²) in [5.41, 5.74) is 0. The molecule has 0 bridgehead atoms. The van der Waals surface area contributed by atoms with Gasteiger partial charge in [0.1, 0.15) is 6.10 Å². The van der Waals surface area contributed by atoms with Gasteiger partial charge in [0.2, 0.25) is 5.91 Å². The van der Waals surface area contributed by atoms with Gasteiger partial charge in [-0.1, -0.05) is 19.3 Å². The van der Waals surface area contributed by atoms with Crippen molar-refractivity contribution in [1.82, 2.24) is 10.6 Å². The number of aliphatic carboxylic acids is 1. The summed E-state index contributed by atoms with van der Waals surface area (Å²) in [6.45, 7) is 2.81. The first-order valence-corrected chi connectivity index (χ1v) is 7.95. The van der Waals surface area contributed by atoms with Crippen molar-refractivity contribution in [2.75, 3.05) is 13.1 Å². The van der Waals surface area contributed by atoms with Crippen molar-refractivity contribution >= 4 is 11.9 Å². The van der Waals surface area contributed by atoms with Crippen molar-refractivity contribution in [2.24, 2.45) is 5.92 Å². The average molecular weight is 298 g/mol. The summed E-state index contributed by atoms with van der Waals surface area (Å²) in [7, 11) is 0. The fourth-order valence-corrected chi connectivity index (χ4v) is 3.11. The monoisotopic (exact) mass is 298 g/mol. The number of amides is 1. The van der Waals surface area contributed by atoms with Crippen molar-refractivity contribution in [3.63, 3.8) is 0 Å². The van der Waals surface area contributed by atoms with Gasteiger partial charge in [0.05, 0.1) is 12.0 Å². The quantitative estimate of drug-likeness (QED) is 0.702. The molecule has 3 atom stereocenters. The van der Waals surface area contributed by atoms with Gasteiger partial charge in [-0.25, -0.2) is 0 Å². The number of hydrogen-bond acceptors (Lipinski definition) is 4. The number of carbonyl (C=O) groups excluding carboxylic acids is 1. The molecule has 0 aromatic heterocycles. The third-order valence-electron chi connectivity index (χ3n) is 4.38. The van der Waals surface area contributed by atoms with Crippen LogP contribution in [0.25, 0.3) is 0 Å². The van der Waals surface area contributed by atoms with E-state index < -0.39 is 18.0 Å². The molecule has 1 amide bonds. The van der Waals surface area contributed by atoms with Crippen molar-refractivity contribution < 1.29 is 19.4 Å². The van der Waals surface area contributed by atoms with Crippen molar-refractivity contribution in [3.8, 4) is 0 Å². The number of ether oxygens (including phenoxy) is 1. The summed E-state index contributed by atoms with van der Waals surface area (Å²) in [6.07, 6.45) is 5.40. The first-order chi connectivity index (χ1) is 10.1. The van der Waals surface area contributed by atoms with Gasteiger partial charge in [-0.2, -0.15) is 0 Å². The van der Waals surface area contributed by atoms with Crippen LogP contribution in [0.2, 0.25) is 0 Å². The lowest BCUT2D eigenvalue weighted by Gasteiger charge is -2.30. The van der Waals surface area contributed by atoms with E-state index in [9.17, 15) is 9.59 Å². The van der Waals surface area contributed by atoms with Crippen molar-refractivity contribution in [2.45, 2.75) is 63.7 Å². The Morgan fingerprint density at radius 1 is 1.24 bits per heavy atom. The highest BCUT2D eigenvalue weighted by Gasteiger charge is 2.30. The second-order valence-electron chi connectivity index (χ2n) is 6.17. The predicted octanol–water partition coefficient (Wildman–Crippen LogP) is 0.903. The number of nitrogens with one attached hydrogen (secondary N) is 2. The lowest BCUT2D eigenvalue weighted by atomic mass is 9.95. The molecule has 1 saturated heterocycles. The van der Waals surface area contributed by atoms with Crippen LogP contribution >= 0.6 is 0 Å². The van der Waals surface area contributed by atoms with E-state index in [1.54, 1.807) is 6.92 Å². The van der Waals surface area contributed by atoms with Crippen molar-refractivity contribution in [3.05, 3.63) is 0 Å². The normalized spacial score (nSPS) is 28.8. The summed E-state index contributed by atoms with van der Waals surface area (Å²) in [5, 5.41) is 15.1. The number of rotatable bonds is 5. The third kappa shape index (κ3) is 4.97. The molecule has 120 valence electrons. The summed E-state index contributed by atoms with van der Waals surface area (Å²) in [4.78, 5) is 23.1. The van der Waals surface area contributed by atoms with Gasteiger partial charge in [0.25, 0.3) is 0 Å². The zero-order chi connectivity index (χ0) is 15.2. The number of carboxylic acid groups (broad SMARTS) is 1. The van der Waals surface area contributed by atoms with E-state index in [2.05, 4.69) is 10.6 Å². The molecule has 6 nitrogen and oxygen atoms in total. The van der Waals surface area contributed by atoms with Gasteiger partial charge in [0, 0.05) is 19.1 Å². The molecule has 1 heterocycles. The van der Waals surface area contributed by atoms with E-state index in [4.69, 9.17) is 9.84 Å². The first-order valence-electron chi connectivity index (χ1n) is 7.95. The molecule has 21 heavy (non-hydrogen) atoms. The summed E-state index contributed by atoms with van der Waals surface area (Å²) < 4.78 is 5.74. The smallest absolute Gasteiger partial charge is 0.307 e. The highest BCUT2D eigenvalue weighted by molar-refractivity contribution is 5.80. The van der Waals surface area contributed by atoms with Crippen LogP contribution in [0.4, 0.5) is 0 Å². The molecule has 0 aromatic rings. The Morgan fingerprint density at radius 3 is 2.62 bits per heavy atom. The topological polar surface area (TPSA) is 87.7 Å². The van der Waals surface area contributed by atoms with Gasteiger partial charge in [0.15, 0.2) is 0 Å². The molecule has 1 aliphatic heterocycles. The van der Waals surface area contributed by atoms with Crippen LogP contribution in [0.15, 0.2) is 0 Å². The van der Waals surface area contributed by atoms with Crippen molar-refractivity contribution in [1.29, 1.82) is 0 Å². The minimum absolute atomic E-state index is 0.0839. The zero-order valence-electron chi connectivity index (χ0n) is 12.6. The van der Waals surface area contributed by atoms with Gasteiger partial charge >= 0.3 is 5.97 Å². The van der Waals surface area contributed by atoms with Gasteiger partial charge < -0.3 is 20.5 Å². The molecule has 2 fully saturated rings. The minimum Gasteiger partial charge on any atom is -0.481 e. The van der Waals surface area contributed by atoms with E-state index >= 15 is 0 Å². The Kier molecular flexibility index (Phi) is 5.99. The Balaban J connectivity index is 1.75. The maximum atomic E-state index is 12.1. The maximum absolute atomic E-state index is 12.1. The average Bonchev–Trinajstić information content (AvgIpc) is 2.48. The molecular weight excluding hydrogens is 272 g/mol. The molecule has 0 radical (unpaired) electrons. The molecular formula is C15H26N2O4. The number of hydrogen-bond donors (Lipinski definition) is 3. The number of carbonyl (C=O) groups is 2. The highest BCUT2D eigenvalue weighted by atomic mass is 16.5. The maximum Gasteiger partial charge on any atom is 0.307 e. The number of carboxylic acids is 1. The SMILES string of the molecule is CC(OC1CNCC(C(=O)O)C1)C(=O)NC1CCCCC1. The Labute approximate surface area is 125 Å². The molecule has 0 aromatic carbocycles. The summed E-state index contributed by atoms with van der Waals surface area (Å²) >= 11 is 0. The van der Waals surface area contributed by atoms with Crippen LogP contribution in [0.3, 0.4) is 0 Å². The Morgan fingerprint density at radius 2 is 1.95 bits per heavy atom. The van der Waals surface area contributed by atoms with E-state index in [-0.39, 0.29) is 18.1 Å². The molecule has 2 aliphatic rings. The minimum atomic E-state index is -0.810. The summed E-state index contributed by atoms with van der Waals surface area (Å²) in [5.74, 6) is -1.33. The molecule has 1 saturated carbocycles. The van der Waals surface area contributed by atoms with Gasteiger partial charge in [-0.3, -0.25) is 9.59 Å². The fourth-order valence-electron chi connectivity index (χ4n) is 3.11. The largest absolute Gasteiger partial charge is 0.481 e. The first kappa shape index (κ1) is 16.2. The molecule has 6 heteroatoms. The van der Waals surface area contributed by atoms with E-state index in [0.29, 0.717) is 19.5 Å². The van der Waals surface area contributed by atoms with Crippen LogP contribution in [-0.2, 0) is 14.3 Å². The fraction of sp³-hybridized carbons (Fsp3) is 0.867.